The van der Waals surface area contributed by atoms with Crippen molar-refractivity contribution in [2.45, 2.75) is 13.3 Å². The lowest BCUT2D eigenvalue weighted by atomic mass is 10.3. The molecule has 0 aromatic carbocycles. The number of nitrogens with zero attached hydrogens (tertiary/aromatic N) is 2. The van der Waals surface area contributed by atoms with Crippen molar-refractivity contribution in [2.24, 2.45) is 12.8 Å². The van der Waals surface area contributed by atoms with Crippen LogP contribution in [0, 0.1) is 0 Å². The fourth-order valence-electron chi connectivity index (χ4n) is 1.35. The Labute approximate surface area is 99.4 Å². The third-order valence-electron chi connectivity index (χ3n) is 2.15. The Bertz CT molecular complexity index is 413. The second-order valence-corrected chi connectivity index (χ2v) is 3.55. The number of amides is 2. The number of nitrogens with two attached hydrogens (primary N) is 1. The van der Waals surface area contributed by atoms with Crippen LogP contribution in [0.15, 0.2) is 6.20 Å². The van der Waals surface area contributed by atoms with E-state index in [1.807, 2.05) is 6.92 Å². The molecule has 0 bridgehead atoms. The predicted octanol–water partition coefficient (Wildman–Crippen LogP) is -1.00. The topological polar surface area (TPSA) is 102 Å². The maximum absolute atomic E-state index is 11.5. The maximum atomic E-state index is 11.5. The molecule has 0 aliphatic heterocycles. The van der Waals surface area contributed by atoms with E-state index < -0.39 is 0 Å². The van der Waals surface area contributed by atoms with E-state index in [1.165, 1.54) is 0 Å². The molecule has 4 N–H and O–H groups in total. The molecule has 0 unspecified atom stereocenters. The lowest BCUT2D eigenvalue weighted by Crippen LogP contribution is -2.36. The molecule has 0 radical (unpaired) electrons. The Hall–Kier alpha value is -1.89. The highest BCUT2D eigenvalue weighted by atomic mass is 16.2. The van der Waals surface area contributed by atoms with Crippen LogP contribution in [0.1, 0.15) is 12.6 Å². The van der Waals surface area contributed by atoms with E-state index in [9.17, 15) is 9.59 Å². The van der Waals surface area contributed by atoms with Crippen LogP contribution in [0.3, 0.4) is 0 Å². The molecule has 0 atom stereocenters. The summed E-state index contributed by atoms with van der Waals surface area (Å²) in [5.41, 5.74) is 6.58. The van der Waals surface area contributed by atoms with Gasteiger partial charge in [-0.25, -0.2) is 0 Å². The zero-order valence-electron chi connectivity index (χ0n) is 9.99. The lowest BCUT2D eigenvalue weighted by molar-refractivity contribution is -0.123. The number of anilines is 1. The van der Waals surface area contributed by atoms with E-state index in [-0.39, 0.29) is 24.9 Å². The number of carbonyl (C=O) groups excluding carboxylic acids is 2. The molecular formula is C10H17N5O2. The van der Waals surface area contributed by atoms with Crippen molar-refractivity contribution < 1.29 is 9.59 Å². The molecule has 1 rings (SSSR count). The summed E-state index contributed by atoms with van der Waals surface area (Å²) in [5.74, 6) is -0.656. The Morgan fingerprint density at radius 1 is 1.47 bits per heavy atom. The van der Waals surface area contributed by atoms with Crippen molar-refractivity contribution in [2.75, 3.05) is 18.4 Å². The number of aromatic nitrogens is 2. The summed E-state index contributed by atoms with van der Waals surface area (Å²) < 4.78 is 1.63. The molecule has 2 amide bonds. The molecule has 94 valence electrons. The molecule has 1 aromatic heterocycles. The van der Waals surface area contributed by atoms with E-state index in [2.05, 4.69) is 15.7 Å². The monoisotopic (exact) mass is 239 g/mol. The Morgan fingerprint density at radius 2 is 2.18 bits per heavy atom. The average molecular weight is 239 g/mol. The fraction of sp³-hybridized carbons (Fsp3) is 0.500. The van der Waals surface area contributed by atoms with Crippen molar-refractivity contribution in [3.05, 3.63) is 11.9 Å². The van der Waals surface area contributed by atoms with E-state index >= 15 is 0 Å². The Morgan fingerprint density at radius 3 is 2.76 bits per heavy atom. The summed E-state index contributed by atoms with van der Waals surface area (Å²) in [6.45, 7) is 1.74. The molecule has 0 spiro atoms. The first kappa shape index (κ1) is 13.2. The van der Waals surface area contributed by atoms with Crippen molar-refractivity contribution in [3.8, 4) is 0 Å². The highest BCUT2D eigenvalue weighted by Gasteiger charge is 2.10. The first-order valence-corrected chi connectivity index (χ1v) is 5.36. The Balaban J connectivity index is 2.52. The first-order valence-electron chi connectivity index (χ1n) is 5.36. The smallest absolute Gasteiger partial charge is 0.243 e. The molecule has 7 nitrogen and oxygen atoms in total. The van der Waals surface area contributed by atoms with Crippen molar-refractivity contribution in [1.82, 2.24) is 15.1 Å². The van der Waals surface area contributed by atoms with Gasteiger partial charge in [0.25, 0.3) is 0 Å². The molecule has 0 saturated heterocycles. The zero-order chi connectivity index (χ0) is 12.8. The van der Waals surface area contributed by atoms with E-state index in [1.54, 1.807) is 17.9 Å². The third kappa shape index (κ3) is 3.87. The summed E-state index contributed by atoms with van der Waals surface area (Å²) in [4.78, 5) is 22.4. The largest absolute Gasteiger partial charge is 0.346 e. The molecule has 0 fully saturated rings. The number of hydrogen-bond acceptors (Lipinski definition) is 4. The van der Waals surface area contributed by atoms with Gasteiger partial charge >= 0.3 is 0 Å². The molecule has 0 saturated carbocycles. The standard InChI is InChI=1S/C10H17N5O2/c1-3-7-8(6-15(2)14-7)13-10(17)5-12-9(16)4-11/h6H,3-5,11H2,1-2H3,(H,12,16)(H,13,17). The first-order chi connectivity index (χ1) is 8.06. The van der Waals surface area contributed by atoms with Crippen LogP contribution in [0.2, 0.25) is 0 Å². The van der Waals surface area contributed by atoms with Crippen LogP contribution in [0.4, 0.5) is 5.69 Å². The van der Waals surface area contributed by atoms with Crippen LogP contribution in [-0.2, 0) is 23.1 Å². The van der Waals surface area contributed by atoms with E-state index in [0.717, 1.165) is 12.1 Å². The number of carbonyl (C=O) groups is 2. The average Bonchev–Trinajstić information content (AvgIpc) is 2.66. The van der Waals surface area contributed by atoms with E-state index in [0.29, 0.717) is 5.69 Å². The molecule has 0 aliphatic carbocycles. The van der Waals surface area contributed by atoms with Crippen LogP contribution >= 0.6 is 0 Å². The van der Waals surface area contributed by atoms with Crippen molar-refractivity contribution >= 4 is 17.5 Å². The van der Waals surface area contributed by atoms with Gasteiger partial charge in [-0.15, -0.1) is 0 Å². The molecular weight excluding hydrogens is 222 g/mol. The second kappa shape index (κ2) is 6.00. The quantitative estimate of drug-likeness (QED) is 0.613. The molecule has 0 aliphatic rings. The Kier molecular flexibility index (Phi) is 4.65. The van der Waals surface area contributed by atoms with Crippen LogP contribution in [0.5, 0.6) is 0 Å². The third-order valence-corrected chi connectivity index (χ3v) is 2.15. The van der Waals surface area contributed by atoms with Gasteiger partial charge in [0.05, 0.1) is 24.5 Å². The zero-order valence-corrected chi connectivity index (χ0v) is 9.99. The normalized spacial score (nSPS) is 10.1. The maximum Gasteiger partial charge on any atom is 0.243 e. The number of nitrogens with one attached hydrogen (secondary N) is 2. The second-order valence-electron chi connectivity index (χ2n) is 3.55. The fourth-order valence-corrected chi connectivity index (χ4v) is 1.35. The van der Waals surface area contributed by atoms with Gasteiger partial charge in [-0.2, -0.15) is 5.10 Å². The minimum Gasteiger partial charge on any atom is -0.346 e. The molecule has 1 heterocycles. The summed E-state index contributed by atoms with van der Waals surface area (Å²) in [6.07, 6.45) is 2.45. The van der Waals surface area contributed by atoms with Gasteiger partial charge in [-0.3, -0.25) is 14.3 Å². The lowest BCUT2D eigenvalue weighted by Gasteiger charge is -2.05. The van der Waals surface area contributed by atoms with Gasteiger partial charge in [0, 0.05) is 13.2 Å². The summed E-state index contributed by atoms with van der Waals surface area (Å²) in [5, 5.41) is 9.27. The minimum atomic E-state index is -0.359. The van der Waals surface area contributed by atoms with Gasteiger partial charge in [0.1, 0.15) is 0 Å². The van der Waals surface area contributed by atoms with Gasteiger partial charge in [0.15, 0.2) is 0 Å². The van der Waals surface area contributed by atoms with Crippen LogP contribution in [0.25, 0.3) is 0 Å². The summed E-state index contributed by atoms with van der Waals surface area (Å²) in [6, 6.07) is 0. The minimum absolute atomic E-state index is 0.0892. The van der Waals surface area contributed by atoms with Crippen LogP contribution < -0.4 is 16.4 Å². The molecule has 1 aromatic rings. The summed E-state index contributed by atoms with van der Waals surface area (Å²) in [7, 11) is 1.78. The number of aryl methyl sites for hydroxylation is 2. The van der Waals surface area contributed by atoms with Gasteiger partial charge in [-0.1, -0.05) is 6.92 Å². The van der Waals surface area contributed by atoms with E-state index in [4.69, 9.17) is 5.73 Å². The van der Waals surface area contributed by atoms with Crippen molar-refractivity contribution in [1.29, 1.82) is 0 Å². The highest BCUT2D eigenvalue weighted by molar-refractivity contribution is 5.95. The number of rotatable bonds is 5. The van der Waals surface area contributed by atoms with Crippen LogP contribution in [-0.4, -0.2) is 34.7 Å². The highest BCUT2D eigenvalue weighted by Crippen LogP contribution is 2.12. The molecule has 7 heteroatoms. The van der Waals surface area contributed by atoms with Crippen molar-refractivity contribution in [3.63, 3.8) is 0 Å². The predicted molar refractivity (Wildman–Crippen MR) is 63.3 cm³/mol. The summed E-state index contributed by atoms with van der Waals surface area (Å²) >= 11 is 0. The SMILES string of the molecule is CCc1nn(C)cc1NC(=O)CNC(=O)CN. The van der Waals surface area contributed by atoms with Gasteiger partial charge in [0.2, 0.25) is 11.8 Å². The number of hydrogen-bond donors (Lipinski definition) is 3. The van der Waals surface area contributed by atoms with Gasteiger partial charge in [-0.05, 0) is 6.42 Å². The van der Waals surface area contributed by atoms with Gasteiger partial charge < -0.3 is 16.4 Å². The molecule has 17 heavy (non-hydrogen) atoms.